The first-order chi connectivity index (χ1) is 51.7. The molecule has 0 saturated carbocycles. The summed E-state index contributed by atoms with van der Waals surface area (Å²) >= 11 is 0.858. The van der Waals surface area contributed by atoms with E-state index in [9.17, 15) is 58.2 Å². The van der Waals surface area contributed by atoms with Gasteiger partial charge in [-0.1, -0.05) is 58.7 Å². The van der Waals surface area contributed by atoms with Crippen LogP contribution in [0.3, 0.4) is 0 Å². The van der Waals surface area contributed by atoms with Crippen molar-refractivity contribution >= 4 is 87.8 Å². The van der Waals surface area contributed by atoms with Gasteiger partial charge < -0.3 is 114 Å². The lowest BCUT2D eigenvalue weighted by molar-refractivity contribution is -0.155. The van der Waals surface area contributed by atoms with E-state index < -0.39 is 162 Å². The molecule has 5 aromatic rings. The summed E-state index contributed by atoms with van der Waals surface area (Å²) < 4.78 is 41.4. The molecule has 0 bridgehead atoms. The molecule has 3 aliphatic rings. The number of rotatable bonds is 41. The molecule has 1 saturated heterocycles. The number of likely N-dealkylation sites (N-methyl/N-ethyl adjacent to an activating group) is 1. The summed E-state index contributed by atoms with van der Waals surface area (Å²) in [5, 5.41) is 42.4. The molecule has 35 heteroatoms. The molecule has 0 spiro atoms. The van der Waals surface area contributed by atoms with E-state index in [0.29, 0.717) is 71.1 Å². The van der Waals surface area contributed by atoms with Gasteiger partial charge in [-0.2, -0.15) is 0 Å². The summed E-state index contributed by atoms with van der Waals surface area (Å²) in [5.41, 5.74) is 32.3. The second-order valence-electron chi connectivity index (χ2n) is 26.9. The van der Waals surface area contributed by atoms with Crippen LogP contribution < -0.4 is 89.6 Å². The Kier molecular flexibility index (Phi) is 29.8. The minimum atomic E-state index is -1.56. The standard InChI is InChI=1S/C73H101N15O19S/c1-9-36(3)60(69(97)84-46(18-13-14-23-74)67(95)86-61(37(4)10-2)70(98)85-49(65(93)79-5)26-39-32-81-45-17-12-11-16-40(39)45)87-68(96)48(20-21-55(76)89)83-66(94)47(19-15-24-80-73(77)78)82-64(92)44(75)34-108-54-31-56(90)88(71(54)99)25-22-57(91)107-62-42-30-51-50(105-35-106-51)29-41(42)58(59-43(62)33-104-72(59)100)38-27-52(101-6)63(103-8)53(28-38)102-7/h11-12,16-17,27-32,36-37,43-44,46-49,58-62,81,90,99H,9-10,13-15,18-26,33-35,74-75H2,1-8H3,(H2,76,89)(H,79,93)(H,82,92)(H,83,94)(H,84,97)(H,85,98)(H,86,95)(H,87,96)(H4,77,78,80)/t36?,37?,43-,44-,46-,47-,48-,49-,58+,59-,60-,61-,62-/m0/s1. The van der Waals surface area contributed by atoms with Crippen LogP contribution in [0.2, 0.25) is 0 Å². The van der Waals surface area contributed by atoms with E-state index in [1.165, 1.54) is 34.4 Å². The zero-order valence-corrected chi connectivity index (χ0v) is 62.6. The number of H-pyrrole nitrogens is 1. The van der Waals surface area contributed by atoms with Crippen molar-refractivity contribution in [1.82, 2.24) is 46.8 Å². The van der Waals surface area contributed by atoms with Crippen molar-refractivity contribution < 1.29 is 91.3 Å². The van der Waals surface area contributed by atoms with Crippen molar-refractivity contribution in [3.8, 4) is 40.5 Å². The third-order valence-electron chi connectivity index (χ3n) is 19.8. The lowest BCUT2D eigenvalue weighted by atomic mass is 9.66. The maximum Gasteiger partial charge on any atom is 0.310 e. The number of ether oxygens (including phenoxy) is 7. The number of methoxy groups -OCH3 is 3. The fourth-order valence-corrected chi connectivity index (χ4v) is 14.3. The third-order valence-corrected chi connectivity index (χ3v) is 20.9. The molecule has 2 unspecified atom stereocenters. The number of carbonyl (C=O) groups is 10. The van der Waals surface area contributed by atoms with Crippen molar-refractivity contribution in [2.24, 2.45) is 57.3 Å². The molecule has 3 aromatic carbocycles. The van der Waals surface area contributed by atoms with Crippen molar-refractivity contribution in [3.63, 3.8) is 0 Å². The number of esters is 2. The van der Waals surface area contributed by atoms with E-state index in [2.05, 4.69) is 47.2 Å². The molecule has 8 amide bonds. The molecule has 8 rings (SSSR count). The number of unbranched alkanes of at least 4 members (excludes halogenated alkanes) is 1. The fraction of sp³-hybridized carbons (Fsp3) is 0.521. The maximum atomic E-state index is 14.6. The molecule has 4 heterocycles. The number of carbonyl (C=O) groups excluding carboxylic acids is 10. The van der Waals surface area contributed by atoms with Gasteiger partial charge in [-0.05, 0) is 104 Å². The summed E-state index contributed by atoms with van der Waals surface area (Å²) in [7, 11) is 5.86. The Morgan fingerprint density at radius 1 is 0.704 bits per heavy atom. The molecular weight excluding hydrogens is 1420 g/mol. The Bertz CT molecular complexity index is 4060. The van der Waals surface area contributed by atoms with Crippen LogP contribution in [-0.4, -0.2) is 188 Å². The van der Waals surface area contributed by atoms with Crippen LogP contribution >= 0.6 is 11.8 Å². The third kappa shape index (κ3) is 20.5. The van der Waals surface area contributed by atoms with Crippen LogP contribution in [0, 0.1) is 23.7 Å². The summed E-state index contributed by atoms with van der Waals surface area (Å²) in [5.74, 6) is -10.5. The van der Waals surface area contributed by atoms with Crippen LogP contribution in [-0.2, 0) is 70.4 Å². The minimum absolute atomic E-state index is 0.00315. The van der Waals surface area contributed by atoms with Gasteiger partial charge in [0.15, 0.2) is 34.8 Å². The van der Waals surface area contributed by atoms with Crippen LogP contribution in [0.5, 0.6) is 40.5 Å². The Balaban J connectivity index is 0.921. The normalized spacial score (nSPS) is 17.9. The number of thioether (sulfide) groups is 1. The van der Waals surface area contributed by atoms with Gasteiger partial charge in [0, 0.05) is 79.3 Å². The Hall–Kier alpha value is -10.7. The number of fused-ring (bicyclic) bond motifs is 4. The molecule has 2 aliphatic heterocycles. The summed E-state index contributed by atoms with van der Waals surface area (Å²) in [6, 6.07) is 6.34. The first kappa shape index (κ1) is 83.0. The predicted octanol–water partition coefficient (Wildman–Crippen LogP) is 1.60. The van der Waals surface area contributed by atoms with Crippen molar-refractivity contribution in [2.75, 3.05) is 60.6 Å². The lowest BCUT2D eigenvalue weighted by Gasteiger charge is -2.38. The van der Waals surface area contributed by atoms with E-state index >= 15 is 0 Å². The van der Waals surface area contributed by atoms with E-state index in [0.717, 1.165) is 32.8 Å². The second kappa shape index (κ2) is 38.7. The highest BCUT2D eigenvalue weighted by Crippen LogP contribution is 2.57. The number of aromatic hydroxyl groups is 2. The number of aliphatic imine (C=N–C) groups is 1. The molecule has 13 atom stereocenters. The van der Waals surface area contributed by atoms with E-state index in [-0.39, 0.29) is 81.7 Å². The Morgan fingerprint density at radius 3 is 1.88 bits per heavy atom. The average Bonchev–Trinajstić information content (AvgIpc) is 1.44. The molecule has 1 fully saturated rings. The van der Waals surface area contributed by atoms with Gasteiger partial charge in [-0.3, -0.25) is 57.5 Å². The number of nitrogens with two attached hydrogens (primary N) is 5. The number of cyclic esters (lactones) is 1. The topological polar surface area (TPSA) is 523 Å². The smallest absolute Gasteiger partial charge is 0.310 e. The number of guanidine groups is 1. The number of nitrogens with zero attached hydrogens (tertiary/aromatic N) is 2. The lowest BCUT2D eigenvalue weighted by Crippen LogP contribution is -2.61. The quantitative estimate of drug-likeness (QED) is 0.00869. The van der Waals surface area contributed by atoms with Gasteiger partial charge in [0.1, 0.15) is 42.4 Å². The minimum Gasteiger partial charge on any atom is -0.494 e. The summed E-state index contributed by atoms with van der Waals surface area (Å²) in [6.45, 7) is 6.80. The van der Waals surface area contributed by atoms with E-state index in [1.54, 1.807) is 51.2 Å². The highest BCUT2D eigenvalue weighted by Gasteiger charge is 2.54. The van der Waals surface area contributed by atoms with Crippen LogP contribution in [0.1, 0.15) is 126 Å². The number of benzene rings is 3. The van der Waals surface area contributed by atoms with Crippen LogP contribution in [0.4, 0.5) is 0 Å². The number of amides is 8. The molecular formula is C73H101N15O19S. The monoisotopic (exact) mass is 1520 g/mol. The number of aromatic nitrogens is 2. The number of para-hydroxylation sites is 1. The summed E-state index contributed by atoms with van der Waals surface area (Å²) in [4.78, 5) is 147. The first-order valence-corrected chi connectivity index (χ1v) is 36.9. The zero-order chi connectivity index (χ0) is 78.6. The van der Waals surface area contributed by atoms with Gasteiger partial charge in [0.05, 0.1) is 51.2 Å². The van der Waals surface area contributed by atoms with Gasteiger partial charge >= 0.3 is 11.9 Å². The first-order valence-electron chi connectivity index (χ1n) is 35.9. The van der Waals surface area contributed by atoms with Crippen LogP contribution in [0.15, 0.2) is 70.7 Å². The number of nitrogens with one attached hydrogen (secondary N) is 8. The van der Waals surface area contributed by atoms with Gasteiger partial charge in [-0.15, -0.1) is 11.8 Å². The Morgan fingerprint density at radius 2 is 1.29 bits per heavy atom. The SMILES string of the molecule is CCC(C)[C@H](NC(=O)[C@H](CCCCN)NC(=O)[C@@H](NC(=O)[C@H](CCC(N)=O)NC(=O)[C@H](CCCN=C(N)N)NC(=O)[C@@H](N)CSc1cc(O)n(CCC(=O)O[C@H]2c3cc4c(cc3[C@@H](c3cc(OC)c(OC)c(OC)c3)[C@H]3C(=O)OC[C@@H]32)OCO4)c1O)C(C)CC)C(=O)N[C@@H](Cc1c[nH]c2ccccc12)C(=O)NC. The van der Waals surface area contributed by atoms with Crippen LogP contribution in [0.25, 0.3) is 10.9 Å². The van der Waals surface area contributed by atoms with Crippen molar-refractivity contribution in [1.29, 1.82) is 0 Å². The number of primary amides is 1. The number of aromatic amines is 1. The fourth-order valence-electron chi connectivity index (χ4n) is 13.4. The zero-order valence-electron chi connectivity index (χ0n) is 61.8. The highest BCUT2D eigenvalue weighted by atomic mass is 32.2. The largest absolute Gasteiger partial charge is 0.494 e. The predicted molar refractivity (Wildman–Crippen MR) is 396 cm³/mol. The average molecular weight is 1520 g/mol. The maximum absolute atomic E-state index is 14.6. The molecule has 1 aliphatic carbocycles. The van der Waals surface area contributed by atoms with Gasteiger partial charge in [-0.25, -0.2) is 0 Å². The molecule has 108 heavy (non-hydrogen) atoms. The van der Waals surface area contributed by atoms with E-state index in [4.69, 9.17) is 61.8 Å². The van der Waals surface area contributed by atoms with E-state index in [1.807, 2.05) is 31.2 Å². The van der Waals surface area contributed by atoms with Gasteiger partial charge in [0.2, 0.25) is 65.7 Å². The molecule has 588 valence electrons. The van der Waals surface area contributed by atoms with Crippen molar-refractivity contribution in [3.05, 3.63) is 83.0 Å². The number of hydrogen-bond donors (Lipinski definition) is 15. The Labute approximate surface area is 628 Å². The number of hydrogen-bond acceptors (Lipinski definition) is 23. The van der Waals surface area contributed by atoms with Crippen molar-refractivity contribution in [2.45, 2.75) is 164 Å². The molecule has 2 aromatic heterocycles. The summed E-state index contributed by atoms with van der Waals surface area (Å²) in [6.07, 6.45) is 1.22. The molecule has 0 radical (unpaired) electrons. The van der Waals surface area contributed by atoms with Gasteiger partial charge in [0.25, 0.3) is 0 Å². The molecule has 34 nitrogen and oxygen atoms in total. The molecule has 20 N–H and O–H groups in total. The second-order valence-corrected chi connectivity index (χ2v) is 28.0. The highest BCUT2D eigenvalue weighted by molar-refractivity contribution is 7.99.